The standard InChI is InChI=1S/C22H30N4O2S/c1-16-11-17(2)13-25(12-16)20(27)14-26-19-8-4-3-7-18(19)23-22(26)29-15-21(28)24-9-5-6-10-24/h3-4,7-8,16-17H,5-6,9-15H2,1-2H3. The van der Waals surface area contributed by atoms with E-state index in [1.807, 2.05) is 38.6 Å². The lowest BCUT2D eigenvalue weighted by molar-refractivity contribution is -0.134. The molecule has 1 aromatic heterocycles. The number of amides is 2. The number of thioether (sulfide) groups is 1. The van der Waals surface area contributed by atoms with E-state index in [1.54, 1.807) is 0 Å². The Kier molecular flexibility index (Phi) is 6.13. The number of imidazole rings is 1. The highest BCUT2D eigenvalue weighted by atomic mass is 32.2. The number of hydrogen-bond acceptors (Lipinski definition) is 4. The van der Waals surface area contributed by atoms with Gasteiger partial charge in [-0.3, -0.25) is 9.59 Å². The van der Waals surface area contributed by atoms with Crippen molar-refractivity contribution < 1.29 is 9.59 Å². The van der Waals surface area contributed by atoms with Crippen molar-refractivity contribution in [3.63, 3.8) is 0 Å². The maximum atomic E-state index is 13.1. The third-order valence-electron chi connectivity index (χ3n) is 5.92. The fraction of sp³-hybridized carbons (Fsp3) is 0.591. The summed E-state index contributed by atoms with van der Waals surface area (Å²) < 4.78 is 1.99. The number of fused-ring (bicyclic) bond motifs is 1. The van der Waals surface area contributed by atoms with Crippen molar-refractivity contribution in [1.29, 1.82) is 0 Å². The van der Waals surface area contributed by atoms with Gasteiger partial charge in [-0.25, -0.2) is 4.98 Å². The van der Waals surface area contributed by atoms with E-state index in [0.29, 0.717) is 17.6 Å². The number of carbonyl (C=O) groups is 2. The fourth-order valence-electron chi connectivity index (χ4n) is 4.60. The monoisotopic (exact) mass is 414 g/mol. The van der Waals surface area contributed by atoms with Gasteiger partial charge in [-0.1, -0.05) is 37.7 Å². The van der Waals surface area contributed by atoms with Crippen molar-refractivity contribution in [2.45, 2.75) is 44.8 Å². The Morgan fingerprint density at radius 3 is 2.45 bits per heavy atom. The Morgan fingerprint density at radius 1 is 1.03 bits per heavy atom. The van der Waals surface area contributed by atoms with E-state index < -0.39 is 0 Å². The minimum absolute atomic E-state index is 0.138. The van der Waals surface area contributed by atoms with Gasteiger partial charge in [0.05, 0.1) is 16.8 Å². The Bertz CT molecular complexity index is 880. The first-order valence-corrected chi connectivity index (χ1v) is 11.6. The largest absolute Gasteiger partial charge is 0.342 e. The van der Waals surface area contributed by atoms with Crippen molar-refractivity contribution in [2.24, 2.45) is 11.8 Å². The molecule has 29 heavy (non-hydrogen) atoms. The van der Waals surface area contributed by atoms with E-state index in [2.05, 4.69) is 13.8 Å². The topological polar surface area (TPSA) is 58.4 Å². The molecule has 2 amide bonds. The number of benzene rings is 1. The molecule has 0 spiro atoms. The molecule has 2 saturated heterocycles. The van der Waals surface area contributed by atoms with Gasteiger partial charge >= 0.3 is 0 Å². The minimum atomic E-state index is 0.138. The predicted molar refractivity (Wildman–Crippen MR) is 116 cm³/mol. The summed E-state index contributed by atoms with van der Waals surface area (Å²) in [7, 11) is 0. The van der Waals surface area contributed by atoms with Crippen LogP contribution < -0.4 is 0 Å². The summed E-state index contributed by atoms with van der Waals surface area (Å²) >= 11 is 1.45. The number of para-hydroxylation sites is 2. The smallest absolute Gasteiger partial charge is 0.242 e. The molecule has 0 radical (unpaired) electrons. The van der Waals surface area contributed by atoms with E-state index in [9.17, 15) is 9.59 Å². The van der Waals surface area contributed by atoms with Crippen LogP contribution in [0.5, 0.6) is 0 Å². The van der Waals surface area contributed by atoms with Gasteiger partial charge < -0.3 is 14.4 Å². The van der Waals surface area contributed by atoms with Crippen molar-refractivity contribution in [3.8, 4) is 0 Å². The normalized spacial score (nSPS) is 22.4. The number of aromatic nitrogens is 2. The molecule has 2 atom stereocenters. The lowest BCUT2D eigenvalue weighted by Gasteiger charge is -2.35. The van der Waals surface area contributed by atoms with E-state index in [1.165, 1.54) is 18.2 Å². The summed E-state index contributed by atoms with van der Waals surface area (Å²) in [6.45, 7) is 8.08. The average molecular weight is 415 g/mol. The van der Waals surface area contributed by atoms with Gasteiger partial charge in [0.15, 0.2) is 5.16 Å². The zero-order chi connectivity index (χ0) is 20.4. The average Bonchev–Trinajstić information content (AvgIpc) is 3.34. The second kappa shape index (κ2) is 8.78. The lowest BCUT2D eigenvalue weighted by Crippen LogP contribution is -2.44. The van der Waals surface area contributed by atoms with Crippen molar-refractivity contribution >= 4 is 34.6 Å². The summed E-state index contributed by atoms with van der Waals surface area (Å²) in [6, 6.07) is 7.90. The van der Waals surface area contributed by atoms with Gasteiger partial charge in [-0.2, -0.15) is 0 Å². The number of carbonyl (C=O) groups excluding carboxylic acids is 2. The summed E-state index contributed by atoms with van der Waals surface area (Å²) in [5.41, 5.74) is 1.83. The molecule has 3 heterocycles. The summed E-state index contributed by atoms with van der Waals surface area (Å²) in [6.07, 6.45) is 3.36. The molecule has 1 aromatic carbocycles. The molecule has 156 valence electrons. The molecule has 0 N–H and O–H groups in total. The molecule has 7 heteroatoms. The Morgan fingerprint density at radius 2 is 1.72 bits per heavy atom. The van der Waals surface area contributed by atoms with Gasteiger partial charge in [0.25, 0.3) is 0 Å². The first kappa shape index (κ1) is 20.3. The van der Waals surface area contributed by atoms with Gasteiger partial charge in [-0.15, -0.1) is 0 Å². The highest BCUT2D eigenvalue weighted by Gasteiger charge is 2.27. The van der Waals surface area contributed by atoms with Crippen LogP contribution in [0.3, 0.4) is 0 Å². The highest BCUT2D eigenvalue weighted by molar-refractivity contribution is 7.99. The van der Waals surface area contributed by atoms with Crippen LogP contribution in [0.1, 0.15) is 33.1 Å². The van der Waals surface area contributed by atoms with E-state index in [0.717, 1.165) is 55.2 Å². The first-order chi connectivity index (χ1) is 14.0. The molecule has 0 saturated carbocycles. The molecule has 2 unspecified atom stereocenters. The first-order valence-electron chi connectivity index (χ1n) is 10.6. The van der Waals surface area contributed by atoms with Crippen LogP contribution in [0.4, 0.5) is 0 Å². The second-order valence-electron chi connectivity index (χ2n) is 8.59. The number of hydrogen-bond donors (Lipinski definition) is 0. The van der Waals surface area contributed by atoms with E-state index in [4.69, 9.17) is 4.98 Å². The van der Waals surface area contributed by atoms with Crippen LogP contribution in [0.15, 0.2) is 29.4 Å². The van der Waals surface area contributed by atoms with E-state index >= 15 is 0 Å². The number of rotatable bonds is 5. The SMILES string of the molecule is CC1CC(C)CN(C(=O)Cn2c(SCC(=O)N3CCCC3)nc3ccccc32)C1. The molecule has 0 aliphatic carbocycles. The Hall–Kier alpha value is -2.02. The quantitative estimate of drug-likeness (QED) is 0.705. The molecule has 6 nitrogen and oxygen atoms in total. The maximum Gasteiger partial charge on any atom is 0.242 e. The van der Waals surface area contributed by atoms with Crippen LogP contribution in [0.2, 0.25) is 0 Å². The number of nitrogens with zero attached hydrogens (tertiary/aromatic N) is 4. The molecule has 2 fully saturated rings. The highest BCUT2D eigenvalue weighted by Crippen LogP contribution is 2.26. The summed E-state index contributed by atoms with van der Waals surface area (Å²) in [4.78, 5) is 34.2. The van der Waals surface area contributed by atoms with Crippen LogP contribution in [-0.2, 0) is 16.1 Å². The molecule has 2 aliphatic rings. The maximum absolute atomic E-state index is 13.1. The molecule has 2 aromatic rings. The molecular formula is C22H30N4O2S. The minimum Gasteiger partial charge on any atom is -0.342 e. The predicted octanol–water partition coefficient (Wildman–Crippen LogP) is 3.26. The number of piperidine rings is 1. The van der Waals surface area contributed by atoms with Crippen molar-refractivity contribution in [1.82, 2.24) is 19.4 Å². The van der Waals surface area contributed by atoms with Crippen LogP contribution >= 0.6 is 11.8 Å². The van der Waals surface area contributed by atoms with Gasteiger partial charge in [0.2, 0.25) is 11.8 Å². The van der Waals surface area contributed by atoms with Crippen molar-refractivity contribution in [2.75, 3.05) is 31.9 Å². The zero-order valence-corrected chi connectivity index (χ0v) is 18.2. The van der Waals surface area contributed by atoms with Crippen LogP contribution in [-0.4, -0.2) is 63.1 Å². The summed E-state index contributed by atoms with van der Waals surface area (Å²) in [5, 5.41) is 0.755. The molecule has 4 rings (SSSR count). The van der Waals surface area contributed by atoms with Crippen LogP contribution in [0.25, 0.3) is 11.0 Å². The molecular weight excluding hydrogens is 384 g/mol. The van der Waals surface area contributed by atoms with Gasteiger partial charge in [0, 0.05) is 26.2 Å². The van der Waals surface area contributed by atoms with E-state index in [-0.39, 0.29) is 18.4 Å². The fourth-order valence-corrected chi connectivity index (χ4v) is 5.52. The Labute approximate surface area is 176 Å². The van der Waals surface area contributed by atoms with Crippen LogP contribution in [0, 0.1) is 11.8 Å². The third-order valence-corrected chi connectivity index (χ3v) is 6.88. The second-order valence-corrected chi connectivity index (χ2v) is 9.53. The zero-order valence-electron chi connectivity index (χ0n) is 17.3. The Balaban J connectivity index is 1.51. The number of likely N-dealkylation sites (tertiary alicyclic amines) is 2. The third kappa shape index (κ3) is 4.60. The molecule has 2 aliphatic heterocycles. The summed E-state index contributed by atoms with van der Waals surface area (Å²) in [5.74, 6) is 1.74. The lowest BCUT2D eigenvalue weighted by atomic mass is 9.92. The van der Waals surface area contributed by atoms with Gasteiger partial charge in [0.1, 0.15) is 6.54 Å². The van der Waals surface area contributed by atoms with Gasteiger partial charge in [-0.05, 0) is 43.2 Å². The van der Waals surface area contributed by atoms with Crippen molar-refractivity contribution in [3.05, 3.63) is 24.3 Å². The molecule has 0 bridgehead atoms.